The van der Waals surface area contributed by atoms with Gasteiger partial charge in [0, 0.05) is 0 Å². The van der Waals surface area contributed by atoms with Crippen LogP contribution in [0.1, 0.15) is 46.8 Å². The van der Waals surface area contributed by atoms with Crippen LogP contribution < -0.4 is 4.90 Å². The van der Waals surface area contributed by atoms with Gasteiger partial charge in [-0.05, 0) is 49.6 Å². The number of carbonyl (C=O) groups is 3. The van der Waals surface area contributed by atoms with Crippen molar-refractivity contribution in [2.45, 2.75) is 33.6 Å². The number of nitrogens with zero attached hydrogens (tertiary/aromatic N) is 1. The maximum absolute atomic E-state index is 13.1. The van der Waals surface area contributed by atoms with Crippen LogP contribution in [0.25, 0.3) is 5.57 Å². The fourth-order valence-corrected chi connectivity index (χ4v) is 3.50. The summed E-state index contributed by atoms with van der Waals surface area (Å²) < 4.78 is 5.21. The summed E-state index contributed by atoms with van der Waals surface area (Å²) in [6.07, 6.45) is 1.68. The minimum atomic E-state index is -0.608. The van der Waals surface area contributed by atoms with Gasteiger partial charge >= 0.3 is 5.97 Å². The molecule has 0 N–H and O–H groups in total. The standard InChI is InChI=1S/C23H22ClNO4/c1-4-5-11-29-23(28)16-7-6-8-17(13-16)25-21(26)19(20(24)22(25)27)18-10-9-14(2)12-15(18)3/h6-10,12-13H,4-5,11H2,1-3H3. The Kier molecular flexibility index (Phi) is 6.18. The zero-order valence-corrected chi connectivity index (χ0v) is 17.4. The molecule has 0 atom stereocenters. The Bertz CT molecular complexity index is 1030. The molecule has 1 aliphatic rings. The topological polar surface area (TPSA) is 63.7 Å². The molecule has 0 spiro atoms. The van der Waals surface area contributed by atoms with E-state index in [1.165, 1.54) is 6.07 Å². The van der Waals surface area contributed by atoms with Gasteiger partial charge in [-0.2, -0.15) is 0 Å². The molecule has 0 fully saturated rings. The van der Waals surface area contributed by atoms with E-state index in [1.807, 2.05) is 32.9 Å². The second-order valence-electron chi connectivity index (χ2n) is 6.99. The highest BCUT2D eigenvalue weighted by Gasteiger charge is 2.39. The first-order valence-electron chi connectivity index (χ1n) is 9.48. The van der Waals surface area contributed by atoms with Gasteiger partial charge in [0.15, 0.2) is 0 Å². The van der Waals surface area contributed by atoms with Crippen molar-refractivity contribution in [1.29, 1.82) is 0 Å². The average Bonchev–Trinajstić information content (AvgIpc) is 2.91. The van der Waals surface area contributed by atoms with Crippen molar-refractivity contribution < 1.29 is 19.1 Å². The van der Waals surface area contributed by atoms with Crippen LogP contribution in [0, 0.1) is 13.8 Å². The Morgan fingerprint density at radius 3 is 2.52 bits per heavy atom. The molecule has 2 aromatic carbocycles. The second kappa shape index (κ2) is 8.62. The Labute approximate surface area is 174 Å². The van der Waals surface area contributed by atoms with E-state index in [0.717, 1.165) is 28.9 Å². The third-order valence-corrected chi connectivity index (χ3v) is 5.10. The summed E-state index contributed by atoms with van der Waals surface area (Å²) in [6, 6.07) is 11.8. The Hall–Kier alpha value is -2.92. The fourth-order valence-electron chi connectivity index (χ4n) is 3.23. The summed E-state index contributed by atoms with van der Waals surface area (Å²) >= 11 is 6.28. The van der Waals surface area contributed by atoms with Gasteiger partial charge < -0.3 is 4.74 Å². The van der Waals surface area contributed by atoms with Gasteiger partial charge in [0.25, 0.3) is 11.8 Å². The average molecular weight is 412 g/mol. The molecule has 2 amide bonds. The number of unbranched alkanes of at least 4 members (excludes halogenated alkanes) is 1. The van der Waals surface area contributed by atoms with Gasteiger partial charge in [-0.25, -0.2) is 9.69 Å². The normalized spacial score (nSPS) is 14.0. The molecule has 0 radical (unpaired) electrons. The number of carbonyl (C=O) groups excluding carboxylic acids is 3. The highest BCUT2D eigenvalue weighted by Crippen LogP contribution is 2.36. The number of amides is 2. The van der Waals surface area contributed by atoms with Crippen molar-refractivity contribution in [3.8, 4) is 0 Å². The summed E-state index contributed by atoms with van der Waals surface area (Å²) in [7, 11) is 0. The molecule has 6 heteroatoms. The summed E-state index contributed by atoms with van der Waals surface area (Å²) in [6.45, 7) is 6.15. The minimum absolute atomic E-state index is 0.127. The van der Waals surface area contributed by atoms with Crippen LogP contribution in [-0.4, -0.2) is 24.4 Å². The van der Waals surface area contributed by atoms with E-state index in [1.54, 1.807) is 24.3 Å². The molecule has 5 nitrogen and oxygen atoms in total. The number of benzene rings is 2. The van der Waals surface area contributed by atoms with Gasteiger partial charge in [-0.3, -0.25) is 9.59 Å². The zero-order chi connectivity index (χ0) is 21.1. The number of esters is 1. The lowest BCUT2D eigenvalue weighted by atomic mass is 9.99. The summed E-state index contributed by atoms with van der Waals surface area (Å²) in [5.41, 5.74) is 3.25. The summed E-state index contributed by atoms with van der Waals surface area (Å²) in [5, 5.41) is -0.127. The molecule has 1 aliphatic heterocycles. The molecule has 0 saturated heterocycles. The predicted molar refractivity (Wildman–Crippen MR) is 113 cm³/mol. The first kappa shape index (κ1) is 20.8. The molecule has 0 saturated carbocycles. The monoisotopic (exact) mass is 411 g/mol. The number of imide groups is 1. The van der Waals surface area contributed by atoms with E-state index in [0.29, 0.717) is 12.2 Å². The first-order chi connectivity index (χ1) is 13.8. The molecule has 0 bridgehead atoms. The highest BCUT2D eigenvalue weighted by atomic mass is 35.5. The van der Waals surface area contributed by atoms with Crippen LogP contribution in [0.5, 0.6) is 0 Å². The molecule has 0 unspecified atom stereocenters. The SMILES string of the molecule is CCCCOC(=O)c1cccc(N2C(=O)C(Cl)=C(c3ccc(C)cc3C)C2=O)c1. The van der Waals surface area contributed by atoms with Crippen molar-refractivity contribution in [3.05, 3.63) is 69.8 Å². The number of rotatable bonds is 6. The van der Waals surface area contributed by atoms with Gasteiger partial charge in [0.05, 0.1) is 23.4 Å². The van der Waals surface area contributed by atoms with Crippen molar-refractivity contribution in [2.24, 2.45) is 0 Å². The van der Waals surface area contributed by atoms with E-state index >= 15 is 0 Å². The minimum Gasteiger partial charge on any atom is -0.462 e. The van der Waals surface area contributed by atoms with Gasteiger partial charge in [0.1, 0.15) is 5.03 Å². The van der Waals surface area contributed by atoms with Crippen molar-refractivity contribution in [3.63, 3.8) is 0 Å². The largest absolute Gasteiger partial charge is 0.462 e. The van der Waals surface area contributed by atoms with E-state index in [4.69, 9.17) is 16.3 Å². The third kappa shape index (κ3) is 4.10. The quantitative estimate of drug-likeness (QED) is 0.389. The Morgan fingerprint density at radius 2 is 1.83 bits per heavy atom. The van der Waals surface area contributed by atoms with Crippen LogP contribution in [0.3, 0.4) is 0 Å². The Morgan fingerprint density at radius 1 is 1.07 bits per heavy atom. The summed E-state index contributed by atoms with van der Waals surface area (Å²) in [5.74, 6) is -1.61. The van der Waals surface area contributed by atoms with Crippen LogP contribution >= 0.6 is 11.6 Å². The van der Waals surface area contributed by atoms with Crippen LogP contribution in [0.15, 0.2) is 47.5 Å². The highest BCUT2D eigenvalue weighted by molar-refractivity contribution is 6.60. The molecule has 1 heterocycles. The summed E-state index contributed by atoms with van der Waals surface area (Å²) in [4.78, 5) is 39.1. The van der Waals surface area contributed by atoms with Crippen molar-refractivity contribution in [2.75, 3.05) is 11.5 Å². The van der Waals surface area contributed by atoms with Gasteiger partial charge in [-0.15, -0.1) is 0 Å². The molecule has 0 aliphatic carbocycles. The van der Waals surface area contributed by atoms with Crippen LogP contribution in [0.4, 0.5) is 5.69 Å². The van der Waals surface area contributed by atoms with Gasteiger partial charge in [-0.1, -0.05) is 54.8 Å². The maximum Gasteiger partial charge on any atom is 0.338 e. The number of anilines is 1. The lowest BCUT2D eigenvalue weighted by molar-refractivity contribution is -0.119. The van der Waals surface area contributed by atoms with E-state index in [9.17, 15) is 14.4 Å². The number of ether oxygens (including phenoxy) is 1. The van der Waals surface area contributed by atoms with E-state index in [-0.39, 0.29) is 21.9 Å². The smallest absolute Gasteiger partial charge is 0.338 e. The number of hydrogen-bond donors (Lipinski definition) is 0. The first-order valence-corrected chi connectivity index (χ1v) is 9.86. The molecular weight excluding hydrogens is 390 g/mol. The zero-order valence-electron chi connectivity index (χ0n) is 16.6. The Balaban J connectivity index is 1.92. The second-order valence-corrected chi connectivity index (χ2v) is 7.37. The van der Waals surface area contributed by atoms with Crippen LogP contribution in [-0.2, 0) is 14.3 Å². The molecule has 0 aromatic heterocycles. The molecule has 150 valence electrons. The molecule has 2 aromatic rings. The molecular formula is C23H22ClNO4. The van der Waals surface area contributed by atoms with E-state index in [2.05, 4.69) is 0 Å². The molecule has 3 rings (SSSR count). The van der Waals surface area contributed by atoms with E-state index < -0.39 is 17.8 Å². The third-order valence-electron chi connectivity index (χ3n) is 4.75. The maximum atomic E-state index is 13.1. The predicted octanol–water partition coefficient (Wildman–Crippen LogP) is 4.78. The number of hydrogen-bond acceptors (Lipinski definition) is 4. The lowest BCUT2D eigenvalue weighted by Crippen LogP contribution is -2.31. The number of halogens is 1. The van der Waals surface area contributed by atoms with Gasteiger partial charge in [0.2, 0.25) is 0 Å². The van der Waals surface area contributed by atoms with Crippen molar-refractivity contribution >= 4 is 40.6 Å². The van der Waals surface area contributed by atoms with Crippen LogP contribution in [0.2, 0.25) is 0 Å². The number of aryl methyl sites for hydroxylation is 2. The molecule has 29 heavy (non-hydrogen) atoms. The van der Waals surface area contributed by atoms with Crippen molar-refractivity contribution in [1.82, 2.24) is 0 Å². The fraction of sp³-hybridized carbons (Fsp3) is 0.261. The lowest BCUT2D eigenvalue weighted by Gasteiger charge is -2.16.